The van der Waals surface area contributed by atoms with Gasteiger partial charge in [-0.05, 0) is 48.5 Å². The molecule has 1 amide bonds. The Balaban J connectivity index is 1.99. The van der Waals surface area contributed by atoms with Crippen LogP contribution < -0.4 is 20.9 Å². The minimum atomic E-state index is -1.60. The fraction of sp³-hybridized carbons (Fsp3) is 0.150. The second kappa shape index (κ2) is 10.4. The number of hydrogen-bond acceptors (Lipinski definition) is 7. The molecule has 2 aromatic carbocycles. The van der Waals surface area contributed by atoms with Crippen LogP contribution in [-0.2, 0) is 9.59 Å². The molecule has 0 bridgehead atoms. The fourth-order valence-electron chi connectivity index (χ4n) is 2.42. The van der Waals surface area contributed by atoms with Gasteiger partial charge in [0.25, 0.3) is 0 Å². The molecule has 0 heterocycles. The van der Waals surface area contributed by atoms with Crippen molar-refractivity contribution in [3.63, 3.8) is 0 Å². The summed E-state index contributed by atoms with van der Waals surface area (Å²) in [5.41, 5.74) is 11.3. The maximum atomic E-state index is 12.2. The summed E-state index contributed by atoms with van der Waals surface area (Å²) >= 11 is 0. The van der Waals surface area contributed by atoms with Gasteiger partial charge in [-0.2, -0.15) is 0 Å². The number of esters is 1. The minimum absolute atomic E-state index is 0.0303. The molecule has 168 valence electrons. The van der Waals surface area contributed by atoms with Gasteiger partial charge >= 0.3 is 24.0 Å². The zero-order valence-corrected chi connectivity index (χ0v) is 16.8. The minimum Gasteiger partial charge on any atom is -0.481 e. The quantitative estimate of drug-likeness (QED) is 0.198. The molecule has 32 heavy (non-hydrogen) atoms. The van der Waals surface area contributed by atoms with Gasteiger partial charge in [-0.25, -0.2) is 19.4 Å². The van der Waals surface area contributed by atoms with Gasteiger partial charge in [-0.1, -0.05) is 0 Å². The van der Waals surface area contributed by atoms with Crippen LogP contribution in [0.3, 0.4) is 0 Å². The molecule has 0 saturated heterocycles. The number of hydrogen-bond donors (Lipinski definition) is 4. The van der Waals surface area contributed by atoms with Gasteiger partial charge in [0.15, 0.2) is 5.96 Å². The van der Waals surface area contributed by atoms with Crippen molar-refractivity contribution in [2.45, 2.75) is 12.5 Å². The summed E-state index contributed by atoms with van der Waals surface area (Å²) in [6, 6.07) is 9.79. The van der Waals surface area contributed by atoms with Gasteiger partial charge in [0.2, 0.25) is 0 Å². The third-order valence-electron chi connectivity index (χ3n) is 4.01. The van der Waals surface area contributed by atoms with Crippen LogP contribution in [0.25, 0.3) is 0 Å². The summed E-state index contributed by atoms with van der Waals surface area (Å²) in [4.78, 5) is 50.8. The number of carboxylic acids is 2. The van der Waals surface area contributed by atoms with E-state index in [0.29, 0.717) is 10.6 Å². The van der Waals surface area contributed by atoms with Crippen LogP contribution >= 0.6 is 0 Å². The molecule has 2 aromatic rings. The molecule has 0 fully saturated rings. The molecule has 0 aliphatic heterocycles. The van der Waals surface area contributed by atoms with Crippen molar-refractivity contribution in [1.29, 1.82) is 0 Å². The van der Waals surface area contributed by atoms with E-state index in [2.05, 4.69) is 4.99 Å². The summed E-state index contributed by atoms with van der Waals surface area (Å²) in [6.45, 7) is 0. The summed E-state index contributed by atoms with van der Waals surface area (Å²) < 4.78 is 10.3. The summed E-state index contributed by atoms with van der Waals surface area (Å²) in [7, 11) is 1.11. The van der Waals surface area contributed by atoms with Gasteiger partial charge in [0.1, 0.15) is 17.5 Å². The lowest BCUT2D eigenvalue weighted by atomic mass is 10.2. The van der Waals surface area contributed by atoms with Crippen molar-refractivity contribution < 1.29 is 38.9 Å². The van der Waals surface area contributed by atoms with Crippen molar-refractivity contribution in [2.75, 3.05) is 7.05 Å². The average molecular weight is 444 g/mol. The average Bonchev–Trinajstić information content (AvgIpc) is 2.72. The number of nitrogens with zero attached hydrogens (tertiary/aromatic N) is 2. The summed E-state index contributed by atoms with van der Waals surface area (Å²) in [6.07, 6.45) is -1.85. The maximum Gasteiger partial charge on any atom is 0.415 e. The van der Waals surface area contributed by atoms with Crippen LogP contribution in [0.2, 0.25) is 0 Å². The number of aliphatic imine (C=N–C) groups is 1. The molecule has 0 aliphatic carbocycles. The van der Waals surface area contributed by atoms with E-state index in [-0.39, 0.29) is 23.0 Å². The van der Waals surface area contributed by atoms with Crippen molar-refractivity contribution in [3.8, 4) is 11.5 Å². The Labute approximate surface area is 181 Å². The Morgan fingerprint density at radius 3 is 1.94 bits per heavy atom. The largest absolute Gasteiger partial charge is 0.481 e. The predicted molar refractivity (Wildman–Crippen MR) is 111 cm³/mol. The van der Waals surface area contributed by atoms with Crippen molar-refractivity contribution in [3.05, 3.63) is 54.1 Å². The molecule has 0 aliphatic rings. The Morgan fingerprint density at radius 2 is 1.47 bits per heavy atom. The molecule has 1 atom stereocenters. The van der Waals surface area contributed by atoms with E-state index < -0.39 is 36.5 Å². The van der Waals surface area contributed by atoms with Crippen LogP contribution in [0.1, 0.15) is 16.8 Å². The number of nitrogens with two attached hydrogens (primary N) is 2. The second-order valence-electron chi connectivity index (χ2n) is 6.38. The van der Waals surface area contributed by atoms with Crippen LogP contribution in [0.15, 0.2) is 53.5 Å². The highest BCUT2D eigenvalue weighted by Gasteiger charge is 2.30. The monoisotopic (exact) mass is 444 g/mol. The Morgan fingerprint density at radius 1 is 0.938 bits per heavy atom. The Hall–Kier alpha value is -4.61. The smallest absolute Gasteiger partial charge is 0.415 e. The van der Waals surface area contributed by atoms with Crippen LogP contribution in [-0.4, -0.2) is 58.2 Å². The van der Waals surface area contributed by atoms with Crippen molar-refractivity contribution in [1.82, 2.24) is 4.90 Å². The van der Waals surface area contributed by atoms with Gasteiger partial charge in [0.05, 0.1) is 17.7 Å². The van der Waals surface area contributed by atoms with E-state index in [1.54, 1.807) is 0 Å². The third-order valence-corrected chi connectivity index (χ3v) is 4.01. The van der Waals surface area contributed by atoms with Crippen molar-refractivity contribution >= 4 is 35.6 Å². The highest BCUT2D eigenvalue weighted by Crippen LogP contribution is 2.21. The van der Waals surface area contributed by atoms with Gasteiger partial charge in [-0.15, -0.1) is 0 Å². The highest BCUT2D eigenvalue weighted by molar-refractivity contribution is 5.91. The number of ether oxygens (including phenoxy) is 2. The third kappa shape index (κ3) is 6.73. The van der Waals surface area contributed by atoms with Crippen LogP contribution in [0, 0.1) is 0 Å². The number of benzene rings is 2. The van der Waals surface area contributed by atoms with E-state index >= 15 is 0 Å². The molecule has 0 unspecified atom stereocenters. The number of amides is 1. The first-order valence-electron chi connectivity index (χ1n) is 8.98. The molecule has 0 saturated carbocycles. The van der Waals surface area contributed by atoms with Gasteiger partial charge in [0, 0.05) is 7.05 Å². The molecule has 12 heteroatoms. The lowest BCUT2D eigenvalue weighted by molar-refractivity contribution is -0.148. The lowest BCUT2D eigenvalue weighted by Crippen LogP contribution is -2.45. The molecular weight excluding hydrogens is 424 g/mol. The van der Waals surface area contributed by atoms with Crippen LogP contribution in [0.4, 0.5) is 10.5 Å². The Kier molecular flexibility index (Phi) is 7.71. The Bertz CT molecular complexity index is 1030. The van der Waals surface area contributed by atoms with Crippen LogP contribution in [0.5, 0.6) is 11.5 Å². The standard InChI is InChI=1S/C20H20N4O8/c1-24(15(17(27)28)10-16(25)26)20(30)32-14-8-6-13(7-9-14)31-18(29)11-2-4-12(5-3-11)23-19(21)22/h2-9,15H,10H2,1H3,(H,25,26)(H,27,28)(H4,21,22,23)/t15-/m0/s1. The number of aliphatic carboxylic acids is 2. The molecule has 0 spiro atoms. The van der Waals surface area contributed by atoms with Gasteiger partial charge < -0.3 is 31.2 Å². The summed E-state index contributed by atoms with van der Waals surface area (Å²) in [5, 5.41) is 17.9. The number of likely N-dealkylation sites (N-methyl/N-ethyl adjacent to an activating group) is 1. The molecule has 0 aromatic heterocycles. The molecule has 12 nitrogen and oxygen atoms in total. The van der Waals surface area contributed by atoms with Gasteiger partial charge in [-0.3, -0.25) is 9.69 Å². The normalized spacial score (nSPS) is 11.0. The van der Waals surface area contributed by atoms with E-state index in [4.69, 9.17) is 31.2 Å². The van der Waals surface area contributed by atoms with Crippen molar-refractivity contribution in [2.24, 2.45) is 16.5 Å². The summed E-state index contributed by atoms with van der Waals surface area (Å²) in [5.74, 6) is -3.45. The fourth-order valence-corrected chi connectivity index (χ4v) is 2.42. The number of carboxylic acid groups (broad SMARTS) is 2. The molecule has 6 N–H and O–H groups in total. The first-order valence-corrected chi connectivity index (χ1v) is 8.98. The number of guanidine groups is 1. The molecular formula is C20H20N4O8. The van der Waals surface area contributed by atoms with E-state index in [0.717, 1.165) is 7.05 Å². The SMILES string of the molecule is CN(C(=O)Oc1ccc(OC(=O)c2ccc(N=C(N)N)cc2)cc1)[C@@H](CC(=O)O)C(=O)O. The first kappa shape index (κ1) is 23.7. The number of carbonyl (C=O) groups is 4. The maximum absolute atomic E-state index is 12.2. The van der Waals surface area contributed by atoms with E-state index in [1.807, 2.05) is 0 Å². The molecule has 0 radical (unpaired) electrons. The zero-order valence-electron chi connectivity index (χ0n) is 16.8. The zero-order chi connectivity index (χ0) is 23.8. The number of rotatable bonds is 8. The number of carbonyl (C=O) groups excluding carboxylic acids is 2. The predicted octanol–water partition coefficient (Wildman–Crippen LogP) is 1.17. The van der Waals surface area contributed by atoms with E-state index in [1.165, 1.54) is 48.5 Å². The highest BCUT2D eigenvalue weighted by atomic mass is 16.6. The first-order chi connectivity index (χ1) is 15.1. The lowest BCUT2D eigenvalue weighted by Gasteiger charge is -2.22. The topological polar surface area (TPSA) is 195 Å². The molecule has 2 rings (SSSR count). The van der Waals surface area contributed by atoms with E-state index in [9.17, 15) is 19.2 Å². The second-order valence-corrected chi connectivity index (χ2v) is 6.38.